The van der Waals surface area contributed by atoms with Gasteiger partial charge in [-0.15, -0.1) is 11.8 Å². The van der Waals surface area contributed by atoms with Crippen molar-refractivity contribution in [3.63, 3.8) is 0 Å². The summed E-state index contributed by atoms with van der Waals surface area (Å²) in [4.78, 5) is 27.1. The summed E-state index contributed by atoms with van der Waals surface area (Å²) < 4.78 is 0. The van der Waals surface area contributed by atoms with Crippen LogP contribution in [0, 0.1) is 6.92 Å². The Morgan fingerprint density at radius 3 is 2.14 bits per heavy atom. The summed E-state index contributed by atoms with van der Waals surface area (Å²) >= 11 is 1.67. The average Bonchev–Trinajstić information content (AvgIpc) is 2.55. The van der Waals surface area contributed by atoms with Crippen LogP contribution in [0.4, 0.5) is 0 Å². The van der Waals surface area contributed by atoms with Crippen molar-refractivity contribution in [1.82, 2.24) is 4.90 Å². The van der Waals surface area contributed by atoms with Gasteiger partial charge in [-0.3, -0.25) is 9.59 Å². The highest BCUT2D eigenvalue weighted by Crippen LogP contribution is 2.16. The number of likely N-dealkylation sites (N-methyl/N-ethyl adjacent to an activating group) is 1. The number of Topliss-reactive ketones (excluding diaryl/α,β-unsaturated/α-hetero) is 1. The summed E-state index contributed by atoms with van der Waals surface area (Å²) in [5.74, 6) is -0.957. The van der Waals surface area contributed by atoms with E-state index in [9.17, 15) is 9.59 Å². The lowest BCUT2D eigenvalue weighted by Gasteiger charge is -2.16. The third-order valence-electron chi connectivity index (χ3n) is 3.43. The molecular weight excluding hydrogens is 294 g/mol. The Hall–Kier alpha value is -2.07. The molecule has 0 aliphatic rings. The maximum absolute atomic E-state index is 12.2. The first-order valence-electron chi connectivity index (χ1n) is 7.00. The number of amides is 1. The number of aryl methyl sites for hydroxylation is 1. The van der Waals surface area contributed by atoms with Crippen LogP contribution in [0.3, 0.4) is 0 Å². The van der Waals surface area contributed by atoms with Gasteiger partial charge in [-0.1, -0.05) is 42.0 Å². The van der Waals surface area contributed by atoms with Crippen molar-refractivity contribution in [3.05, 3.63) is 65.2 Å². The average molecular weight is 313 g/mol. The largest absolute Gasteiger partial charge is 0.335 e. The predicted molar refractivity (Wildman–Crippen MR) is 90.2 cm³/mol. The summed E-state index contributed by atoms with van der Waals surface area (Å²) in [5.41, 5.74) is 2.50. The van der Waals surface area contributed by atoms with E-state index in [-0.39, 0.29) is 0 Å². The van der Waals surface area contributed by atoms with Gasteiger partial charge in [0.05, 0.1) is 0 Å². The van der Waals surface area contributed by atoms with Gasteiger partial charge in [-0.2, -0.15) is 0 Å². The van der Waals surface area contributed by atoms with Gasteiger partial charge >= 0.3 is 0 Å². The van der Waals surface area contributed by atoms with Crippen LogP contribution in [0.2, 0.25) is 0 Å². The van der Waals surface area contributed by atoms with Crippen molar-refractivity contribution in [1.29, 1.82) is 0 Å². The highest BCUT2D eigenvalue weighted by atomic mass is 32.2. The van der Waals surface area contributed by atoms with Crippen molar-refractivity contribution in [2.75, 3.05) is 13.3 Å². The van der Waals surface area contributed by atoms with E-state index in [0.717, 1.165) is 11.1 Å². The Bertz CT molecular complexity index is 662. The molecule has 0 unspecified atom stereocenters. The van der Waals surface area contributed by atoms with Crippen LogP contribution >= 0.6 is 11.8 Å². The first-order valence-corrected chi connectivity index (χ1v) is 8.23. The van der Waals surface area contributed by atoms with Crippen molar-refractivity contribution in [2.24, 2.45) is 0 Å². The Morgan fingerprint density at radius 1 is 1.00 bits per heavy atom. The molecule has 3 nitrogen and oxygen atoms in total. The Labute approximate surface area is 135 Å². The van der Waals surface area contributed by atoms with Gasteiger partial charge < -0.3 is 4.90 Å². The van der Waals surface area contributed by atoms with Crippen LogP contribution in [0.5, 0.6) is 0 Å². The lowest BCUT2D eigenvalue weighted by Crippen LogP contribution is -2.32. The standard InChI is InChI=1S/C18H19NO2S/c1-13-4-8-15(9-5-13)17(20)18(21)19(2)12-14-6-10-16(22-3)11-7-14/h4-11H,12H2,1-3H3. The molecule has 1 amide bonds. The predicted octanol–water partition coefficient (Wildman–Crippen LogP) is 3.56. The lowest BCUT2D eigenvalue weighted by atomic mass is 10.1. The van der Waals surface area contributed by atoms with Gasteiger partial charge in [0.25, 0.3) is 5.91 Å². The highest BCUT2D eigenvalue weighted by Gasteiger charge is 2.20. The molecule has 0 saturated heterocycles. The summed E-state index contributed by atoms with van der Waals surface area (Å²) in [6, 6.07) is 15.0. The van der Waals surface area contributed by atoms with E-state index in [1.807, 2.05) is 49.6 Å². The lowest BCUT2D eigenvalue weighted by molar-refractivity contribution is -0.125. The molecule has 0 bridgehead atoms. The minimum Gasteiger partial charge on any atom is -0.335 e. The van der Waals surface area contributed by atoms with Gasteiger partial charge in [-0.05, 0) is 30.9 Å². The van der Waals surface area contributed by atoms with E-state index in [0.29, 0.717) is 12.1 Å². The van der Waals surface area contributed by atoms with Crippen molar-refractivity contribution >= 4 is 23.5 Å². The molecule has 0 heterocycles. The number of ketones is 1. The van der Waals surface area contributed by atoms with Crippen LogP contribution < -0.4 is 0 Å². The first kappa shape index (κ1) is 16.3. The molecule has 4 heteroatoms. The fourth-order valence-corrected chi connectivity index (χ4v) is 2.49. The molecule has 0 aliphatic carbocycles. The molecule has 0 N–H and O–H groups in total. The molecule has 2 rings (SSSR count). The number of hydrogen-bond acceptors (Lipinski definition) is 3. The third kappa shape index (κ3) is 3.98. The monoisotopic (exact) mass is 313 g/mol. The molecule has 114 valence electrons. The van der Waals surface area contributed by atoms with Crippen molar-refractivity contribution in [2.45, 2.75) is 18.4 Å². The highest BCUT2D eigenvalue weighted by molar-refractivity contribution is 7.98. The molecular formula is C18H19NO2S. The van der Waals surface area contributed by atoms with Crippen LogP contribution in [-0.2, 0) is 11.3 Å². The molecule has 22 heavy (non-hydrogen) atoms. The quantitative estimate of drug-likeness (QED) is 0.481. The number of benzene rings is 2. The minimum absolute atomic E-state index is 0.422. The topological polar surface area (TPSA) is 37.4 Å². The molecule has 0 aromatic heterocycles. The normalized spacial score (nSPS) is 10.3. The van der Waals surface area contributed by atoms with Crippen LogP contribution in [-0.4, -0.2) is 29.9 Å². The van der Waals surface area contributed by atoms with Crippen LogP contribution in [0.25, 0.3) is 0 Å². The van der Waals surface area contributed by atoms with Crippen molar-refractivity contribution in [3.8, 4) is 0 Å². The summed E-state index contributed by atoms with van der Waals surface area (Å²) in [6.45, 7) is 2.37. The van der Waals surface area contributed by atoms with E-state index < -0.39 is 11.7 Å². The zero-order valence-electron chi connectivity index (χ0n) is 13.0. The third-order valence-corrected chi connectivity index (χ3v) is 4.18. The second-order valence-electron chi connectivity index (χ2n) is 5.20. The van der Waals surface area contributed by atoms with E-state index in [1.165, 1.54) is 9.80 Å². The maximum Gasteiger partial charge on any atom is 0.294 e. The van der Waals surface area contributed by atoms with E-state index in [1.54, 1.807) is 30.9 Å². The van der Waals surface area contributed by atoms with Crippen molar-refractivity contribution < 1.29 is 9.59 Å². The minimum atomic E-state index is -0.488. The van der Waals surface area contributed by atoms with E-state index >= 15 is 0 Å². The van der Waals surface area contributed by atoms with E-state index in [4.69, 9.17) is 0 Å². The maximum atomic E-state index is 12.2. The van der Waals surface area contributed by atoms with Crippen LogP contribution in [0.1, 0.15) is 21.5 Å². The molecule has 0 saturated carbocycles. The summed E-state index contributed by atoms with van der Waals surface area (Å²) in [7, 11) is 1.65. The Balaban J connectivity index is 2.04. The van der Waals surface area contributed by atoms with Gasteiger partial charge in [0.15, 0.2) is 0 Å². The summed E-state index contributed by atoms with van der Waals surface area (Å²) in [6.07, 6.45) is 2.02. The smallest absolute Gasteiger partial charge is 0.294 e. The second kappa shape index (κ2) is 7.27. The van der Waals surface area contributed by atoms with E-state index in [2.05, 4.69) is 0 Å². The SMILES string of the molecule is CSc1ccc(CN(C)C(=O)C(=O)c2ccc(C)cc2)cc1. The summed E-state index contributed by atoms with van der Waals surface area (Å²) in [5, 5.41) is 0. The van der Waals surface area contributed by atoms with Gasteiger partial charge in [0, 0.05) is 24.1 Å². The number of thioether (sulfide) groups is 1. The Morgan fingerprint density at radius 2 is 1.59 bits per heavy atom. The number of rotatable bonds is 5. The fourth-order valence-electron chi connectivity index (χ4n) is 2.08. The molecule has 0 fully saturated rings. The fraction of sp³-hybridized carbons (Fsp3) is 0.222. The van der Waals surface area contributed by atoms with Gasteiger partial charge in [0.2, 0.25) is 5.78 Å². The van der Waals surface area contributed by atoms with Crippen LogP contribution in [0.15, 0.2) is 53.4 Å². The zero-order chi connectivity index (χ0) is 16.1. The zero-order valence-corrected chi connectivity index (χ0v) is 13.8. The van der Waals surface area contributed by atoms with Gasteiger partial charge in [-0.25, -0.2) is 0 Å². The molecule has 0 radical (unpaired) electrons. The molecule has 2 aromatic carbocycles. The number of nitrogens with zero attached hydrogens (tertiary/aromatic N) is 1. The van der Waals surface area contributed by atoms with Gasteiger partial charge in [0.1, 0.15) is 0 Å². The number of carbonyl (C=O) groups is 2. The first-order chi connectivity index (χ1) is 10.5. The molecule has 0 spiro atoms. The molecule has 2 aromatic rings. The molecule has 0 atom stereocenters. The number of hydrogen-bond donors (Lipinski definition) is 0. The number of carbonyl (C=O) groups excluding carboxylic acids is 2. The second-order valence-corrected chi connectivity index (χ2v) is 6.08. The molecule has 0 aliphatic heterocycles. The Kier molecular flexibility index (Phi) is 5.39.